The van der Waals surface area contributed by atoms with Gasteiger partial charge in [0.15, 0.2) is 11.9 Å². The van der Waals surface area contributed by atoms with Gasteiger partial charge in [0.05, 0.1) is 5.69 Å². The minimum Gasteiger partial charge on any atom is -0.370 e. The molecular weight excluding hydrogens is 192 g/mol. The number of hydrogen-bond donors (Lipinski definition) is 5. The Bertz CT molecular complexity index is 329. The first kappa shape index (κ1) is 11.4. The van der Waals surface area contributed by atoms with Crippen molar-refractivity contribution in [2.45, 2.75) is 26.2 Å². The van der Waals surface area contributed by atoms with Crippen molar-refractivity contribution in [3.05, 3.63) is 11.4 Å². The maximum absolute atomic E-state index is 6.99. The summed E-state index contributed by atoms with van der Waals surface area (Å²) in [6.45, 7) is 2.74. The molecule has 84 valence electrons. The van der Waals surface area contributed by atoms with Gasteiger partial charge in [-0.25, -0.2) is 4.98 Å². The molecule has 1 aromatic rings. The van der Waals surface area contributed by atoms with Gasteiger partial charge >= 0.3 is 0 Å². The average molecular weight is 210 g/mol. The molecule has 1 aromatic heterocycles. The Morgan fingerprint density at radius 1 is 1.60 bits per heavy atom. The zero-order valence-electron chi connectivity index (χ0n) is 8.93. The van der Waals surface area contributed by atoms with Gasteiger partial charge in [-0.05, 0) is 19.3 Å². The Labute approximate surface area is 89.0 Å². The maximum atomic E-state index is 6.99. The minimum atomic E-state index is 0.00911. The van der Waals surface area contributed by atoms with Crippen LogP contribution in [0.3, 0.4) is 0 Å². The SMILES string of the molecule is CCc1nc(N)[nH]c1CCCNC(=N)N. The smallest absolute Gasteiger partial charge is 0.197 e. The predicted molar refractivity (Wildman–Crippen MR) is 60.6 cm³/mol. The highest BCUT2D eigenvalue weighted by molar-refractivity contribution is 5.74. The second-order valence-corrected chi connectivity index (χ2v) is 3.34. The van der Waals surface area contributed by atoms with Crippen molar-refractivity contribution in [2.24, 2.45) is 5.73 Å². The summed E-state index contributed by atoms with van der Waals surface area (Å²) < 4.78 is 0. The number of hydrogen-bond acceptors (Lipinski definition) is 3. The molecule has 6 nitrogen and oxygen atoms in total. The van der Waals surface area contributed by atoms with Crippen LogP contribution in [0, 0.1) is 5.41 Å². The van der Waals surface area contributed by atoms with Crippen molar-refractivity contribution in [1.82, 2.24) is 15.3 Å². The van der Waals surface area contributed by atoms with E-state index in [0.717, 1.165) is 30.7 Å². The molecule has 0 saturated carbocycles. The molecular formula is C9H18N6. The number of aromatic nitrogens is 2. The first-order chi connectivity index (χ1) is 7.13. The van der Waals surface area contributed by atoms with Crippen LogP contribution in [-0.2, 0) is 12.8 Å². The summed E-state index contributed by atoms with van der Waals surface area (Å²) in [6, 6.07) is 0. The molecule has 0 aromatic carbocycles. The number of nitrogen functional groups attached to an aromatic ring is 1. The van der Waals surface area contributed by atoms with Crippen molar-refractivity contribution < 1.29 is 0 Å². The number of aromatic amines is 1. The topological polar surface area (TPSA) is 117 Å². The fourth-order valence-corrected chi connectivity index (χ4v) is 1.46. The lowest BCUT2D eigenvalue weighted by Gasteiger charge is -2.03. The average Bonchev–Trinajstić information content (AvgIpc) is 2.53. The number of rotatable bonds is 5. The Balaban J connectivity index is 2.39. The van der Waals surface area contributed by atoms with Gasteiger partial charge in [-0.15, -0.1) is 0 Å². The number of nitrogens with zero attached hydrogens (tertiary/aromatic N) is 1. The lowest BCUT2D eigenvalue weighted by Crippen LogP contribution is -2.31. The van der Waals surface area contributed by atoms with Gasteiger partial charge in [-0.1, -0.05) is 6.92 Å². The van der Waals surface area contributed by atoms with Crippen LogP contribution in [0.4, 0.5) is 5.95 Å². The minimum absolute atomic E-state index is 0.00911. The Kier molecular flexibility index (Phi) is 3.96. The molecule has 0 spiro atoms. The predicted octanol–water partition coefficient (Wildman–Crippen LogP) is -0.0300. The summed E-state index contributed by atoms with van der Waals surface area (Å²) in [6.07, 6.45) is 2.64. The summed E-state index contributed by atoms with van der Waals surface area (Å²) >= 11 is 0. The third-order valence-electron chi connectivity index (χ3n) is 2.14. The quantitative estimate of drug-likeness (QED) is 0.266. The largest absolute Gasteiger partial charge is 0.370 e. The number of guanidine groups is 1. The van der Waals surface area contributed by atoms with E-state index in [4.69, 9.17) is 16.9 Å². The van der Waals surface area contributed by atoms with Crippen LogP contribution in [0.25, 0.3) is 0 Å². The number of nitrogens with one attached hydrogen (secondary N) is 3. The summed E-state index contributed by atoms with van der Waals surface area (Å²) in [5.41, 5.74) is 12.8. The van der Waals surface area contributed by atoms with Crippen molar-refractivity contribution in [3.63, 3.8) is 0 Å². The molecule has 15 heavy (non-hydrogen) atoms. The van der Waals surface area contributed by atoms with E-state index in [0.29, 0.717) is 12.5 Å². The zero-order valence-corrected chi connectivity index (χ0v) is 8.93. The molecule has 0 unspecified atom stereocenters. The van der Waals surface area contributed by atoms with Crippen molar-refractivity contribution >= 4 is 11.9 Å². The molecule has 0 bridgehead atoms. The molecule has 0 atom stereocenters. The summed E-state index contributed by atoms with van der Waals surface area (Å²) in [4.78, 5) is 7.22. The van der Waals surface area contributed by atoms with Crippen LogP contribution >= 0.6 is 0 Å². The Morgan fingerprint density at radius 2 is 2.33 bits per heavy atom. The molecule has 0 aliphatic heterocycles. The van der Waals surface area contributed by atoms with Gasteiger partial charge in [0.1, 0.15) is 0 Å². The number of anilines is 1. The molecule has 1 heterocycles. The van der Waals surface area contributed by atoms with Crippen LogP contribution in [0.15, 0.2) is 0 Å². The van der Waals surface area contributed by atoms with E-state index in [1.165, 1.54) is 0 Å². The summed E-state index contributed by atoms with van der Waals surface area (Å²) in [5.74, 6) is 0.483. The van der Waals surface area contributed by atoms with Gasteiger partial charge in [-0.3, -0.25) is 5.41 Å². The van der Waals surface area contributed by atoms with Gasteiger partial charge in [-0.2, -0.15) is 0 Å². The van der Waals surface area contributed by atoms with Crippen molar-refractivity contribution in [1.29, 1.82) is 5.41 Å². The van der Waals surface area contributed by atoms with Crippen LogP contribution < -0.4 is 16.8 Å². The fourth-order valence-electron chi connectivity index (χ4n) is 1.46. The number of aryl methyl sites for hydroxylation is 2. The van der Waals surface area contributed by atoms with Crippen LogP contribution in [-0.4, -0.2) is 22.5 Å². The van der Waals surface area contributed by atoms with Gasteiger partial charge in [0.2, 0.25) is 0 Å². The summed E-state index contributed by atoms with van der Waals surface area (Å²) in [5, 5.41) is 9.74. The lowest BCUT2D eigenvalue weighted by atomic mass is 10.2. The molecule has 0 aliphatic rings. The van der Waals surface area contributed by atoms with Gasteiger partial charge < -0.3 is 21.8 Å². The van der Waals surface area contributed by atoms with Gasteiger partial charge in [0, 0.05) is 12.2 Å². The van der Waals surface area contributed by atoms with Crippen molar-refractivity contribution in [2.75, 3.05) is 12.3 Å². The fraction of sp³-hybridized carbons (Fsp3) is 0.556. The van der Waals surface area contributed by atoms with E-state index in [1.54, 1.807) is 0 Å². The van der Waals surface area contributed by atoms with E-state index in [1.807, 2.05) is 6.92 Å². The third kappa shape index (κ3) is 3.49. The van der Waals surface area contributed by atoms with E-state index < -0.39 is 0 Å². The van der Waals surface area contributed by atoms with E-state index in [2.05, 4.69) is 15.3 Å². The van der Waals surface area contributed by atoms with E-state index in [9.17, 15) is 0 Å². The molecule has 0 radical (unpaired) electrons. The lowest BCUT2D eigenvalue weighted by molar-refractivity contribution is 0.750. The second kappa shape index (κ2) is 5.23. The van der Waals surface area contributed by atoms with Gasteiger partial charge in [0.25, 0.3) is 0 Å². The molecule has 0 aliphatic carbocycles. The first-order valence-corrected chi connectivity index (χ1v) is 5.04. The number of imidazole rings is 1. The maximum Gasteiger partial charge on any atom is 0.197 e. The van der Waals surface area contributed by atoms with E-state index >= 15 is 0 Å². The monoisotopic (exact) mass is 210 g/mol. The molecule has 1 rings (SSSR count). The Morgan fingerprint density at radius 3 is 2.93 bits per heavy atom. The summed E-state index contributed by atoms with van der Waals surface area (Å²) in [7, 11) is 0. The van der Waals surface area contributed by atoms with Crippen molar-refractivity contribution in [3.8, 4) is 0 Å². The van der Waals surface area contributed by atoms with E-state index in [-0.39, 0.29) is 5.96 Å². The molecule has 6 heteroatoms. The van der Waals surface area contributed by atoms with Crippen LogP contribution in [0.5, 0.6) is 0 Å². The number of nitrogens with two attached hydrogens (primary N) is 2. The van der Waals surface area contributed by atoms with Crippen LogP contribution in [0.1, 0.15) is 24.7 Å². The normalized spacial score (nSPS) is 10.2. The molecule has 0 amide bonds. The highest BCUT2D eigenvalue weighted by atomic mass is 15.0. The first-order valence-electron chi connectivity index (χ1n) is 5.04. The standard InChI is InChI=1S/C9H18N6/c1-2-6-7(15-9(12)14-6)4-3-5-13-8(10)11/h2-5H2,1H3,(H4,10,11,13)(H3,12,14,15). The highest BCUT2D eigenvalue weighted by Gasteiger charge is 2.05. The molecule has 0 fully saturated rings. The second-order valence-electron chi connectivity index (χ2n) is 3.34. The zero-order chi connectivity index (χ0) is 11.3. The molecule has 7 N–H and O–H groups in total. The molecule has 0 saturated heterocycles. The Hall–Kier alpha value is -1.72. The van der Waals surface area contributed by atoms with Crippen LogP contribution in [0.2, 0.25) is 0 Å². The third-order valence-corrected chi connectivity index (χ3v) is 2.14. The highest BCUT2D eigenvalue weighted by Crippen LogP contribution is 2.10. The number of H-pyrrole nitrogens is 1.